The molecule has 2 N–H and O–H groups in total. The Morgan fingerprint density at radius 3 is 2.48 bits per heavy atom. The van der Waals surface area contributed by atoms with Crippen molar-refractivity contribution < 1.29 is 18.0 Å². The van der Waals surface area contributed by atoms with Gasteiger partial charge in [-0.1, -0.05) is 23.7 Å². The Labute approximate surface area is 125 Å². The zero-order valence-corrected chi connectivity index (χ0v) is 12.2. The van der Waals surface area contributed by atoms with Gasteiger partial charge in [0.15, 0.2) is 5.41 Å². The lowest BCUT2D eigenvalue weighted by Crippen LogP contribution is -2.52. The first-order valence-corrected chi connectivity index (χ1v) is 6.98. The molecule has 1 amide bonds. The molecule has 0 bridgehead atoms. The fourth-order valence-corrected chi connectivity index (χ4v) is 2.55. The molecule has 1 aromatic carbocycles. The molecule has 1 aromatic rings. The third-order valence-electron chi connectivity index (χ3n) is 3.85. The predicted molar refractivity (Wildman–Crippen MR) is 74.0 cm³/mol. The number of alkyl halides is 3. The molecule has 21 heavy (non-hydrogen) atoms. The maximum atomic E-state index is 13.3. The van der Waals surface area contributed by atoms with Crippen LogP contribution in [-0.2, 0) is 4.79 Å². The van der Waals surface area contributed by atoms with Crippen LogP contribution in [0.4, 0.5) is 13.2 Å². The van der Waals surface area contributed by atoms with Crippen molar-refractivity contribution in [2.75, 3.05) is 13.1 Å². The fraction of sp³-hybridized carbons (Fsp3) is 0.500. The second-order valence-electron chi connectivity index (χ2n) is 5.25. The summed E-state index contributed by atoms with van der Waals surface area (Å²) in [6.45, 7) is 1.45. The molecule has 1 aliphatic rings. The van der Waals surface area contributed by atoms with Crippen molar-refractivity contribution in [3.8, 4) is 0 Å². The number of amides is 1. The number of carbonyl (C=O) groups is 1. The van der Waals surface area contributed by atoms with Gasteiger partial charge < -0.3 is 10.6 Å². The molecule has 2 rings (SSSR count). The zero-order valence-electron chi connectivity index (χ0n) is 11.4. The lowest BCUT2D eigenvalue weighted by atomic mass is 9.84. The summed E-state index contributed by atoms with van der Waals surface area (Å²) < 4.78 is 39.8. The lowest BCUT2D eigenvalue weighted by Gasteiger charge is -2.31. The second-order valence-corrected chi connectivity index (χ2v) is 5.69. The van der Waals surface area contributed by atoms with Gasteiger partial charge in [0.25, 0.3) is 0 Å². The van der Waals surface area contributed by atoms with Crippen LogP contribution in [0.15, 0.2) is 24.3 Å². The van der Waals surface area contributed by atoms with Gasteiger partial charge in [0.05, 0.1) is 6.04 Å². The number of halogens is 4. The SMILES string of the molecule is C[C@H](NC(=O)C1(C(F)(F)F)CCNC1)c1ccc(Cl)cc1. The van der Waals surface area contributed by atoms with Gasteiger partial charge in [0.1, 0.15) is 0 Å². The molecular weight excluding hydrogens is 305 g/mol. The number of nitrogens with one attached hydrogen (secondary N) is 2. The highest BCUT2D eigenvalue weighted by atomic mass is 35.5. The molecule has 1 aliphatic heterocycles. The van der Waals surface area contributed by atoms with Crippen LogP contribution >= 0.6 is 11.6 Å². The number of benzene rings is 1. The van der Waals surface area contributed by atoms with Crippen LogP contribution in [0.5, 0.6) is 0 Å². The molecule has 3 nitrogen and oxygen atoms in total. The van der Waals surface area contributed by atoms with Crippen LogP contribution in [0.1, 0.15) is 24.9 Å². The standard InChI is InChI=1S/C14H16ClF3N2O/c1-9(10-2-4-11(15)5-3-10)20-12(21)13(14(16,17)18)6-7-19-8-13/h2-5,9,19H,6-8H2,1H3,(H,20,21)/t9-,13?/m0/s1. The summed E-state index contributed by atoms with van der Waals surface area (Å²) in [5, 5.41) is 5.62. The molecule has 1 fully saturated rings. The van der Waals surface area contributed by atoms with Gasteiger partial charge in [0.2, 0.25) is 5.91 Å². The van der Waals surface area contributed by atoms with Crippen molar-refractivity contribution in [2.24, 2.45) is 5.41 Å². The number of rotatable bonds is 3. The molecule has 2 atom stereocenters. The molecule has 0 saturated carbocycles. The van der Waals surface area contributed by atoms with Crippen molar-refractivity contribution in [1.29, 1.82) is 0 Å². The quantitative estimate of drug-likeness (QED) is 0.898. The molecule has 0 aliphatic carbocycles. The second kappa shape index (κ2) is 5.85. The van der Waals surface area contributed by atoms with Crippen LogP contribution in [0.3, 0.4) is 0 Å². The molecule has 1 heterocycles. The van der Waals surface area contributed by atoms with E-state index in [4.69, 9.17) is 11.6 Å². The molecule has 116 valence electrons. The molecule has 0 radical (unpaired) electrons. The first-order chi connectivity index (χ1) is 9.76. The predicted octanol–water partition coefficient (Wildman–Crippen LogP) is 3.06. The number of hydrogen-bond acceptors (Lipinski definition) is 2. The molecule has 1 unspecified atom stereocenters. The zero-order chi connectivity index (χ0) is 15.7. The lowest BCUT2D eigenvalue weighted by molar-refractivity contribution is -0.216. The summed E-state index contributed by atoms with van der Waals surface area (Å²) in [6, 6.07) is 6.11. The van der Waals surface area contributed by atoms with Crippen molar-refractivity contribution in [3.05, 3.63) is 34.9 Å². The van der Waals surface area contributed by atoms with E-state index in [1.54, 1.807) is 31.2 Å². The Morgan fingerprint density at radius 2 is 2.00 bits per heavy atom. The van der Waals surface area contributed by atoms with Crippen molar-refractivity contribution in [3.63, 3.8) is 0 Å². The van der Waals surface area contributed by atoms with Crippen LogP contribution in [0.2, 0.25) is 5.02 Å². The first-order valence-electron chi connectivity index (χ1n) is 6.60. The normalized spacial score (nSPS) is 23.9. The summed E-state index contributed by atoms with van der Waals surface area (Å²) in [6.07, 6.45) is -4.81. The van der Waals surface area contributed by atoms with E-state index in [-0.39, 0.29) is 19.5 Å². The summed E-state index contributed by atoms with van der Waals surface area (Å²) in [4.78, 5) is 12.2. The maximum absolute atomic E-state index is 13.3. The van der Waals surface area contributed by atoms with Crippen LogP contribution in [0.25, 0.3) is 0 Å². The monoisotopic (exact) mass is 320 g/mol. The number of carbonyl (C=O) groups excluding carboxylic acids is 1. The van der Waals surface area contributed by atoms with Crippen molar-refractivity contribution in [1.82, 2.24) is 10.6 Å². The van der Waals surface area contributed by atoms with Crippen molar-refractivity contribution in [2.45, 2.75) is 25.6 Å². The molecule has 0 aromatic heterocycles. The van der Waals surface area contributed by atoms with Gasteiger partial charge in [-0.3, -0.25) is 4.79 Å². The highest BCUT2D eigenvalue weighted by Crippen LogP contribution is 2.43. The summed E-state index contributed by atoms with van der Waals surface area (Å²) >= 11 is 5.76. The van der Waals surface area contributed by atoms with Gasteiger partial charge in [-0.15, -0.1) is 0 Å². The van der Waals surface area contributed by atoms with Crippen LogP contribution in [0, 0.1) is 5.41 Å². The van der Waals surface area contributed by atoms with E-state index < -0.39 is 23.5 Å². The third-order valence-corrected chi connectivity index (χ3v) is 4.10. The van der Waals surface area contributed by atoms with E-state index in [9.17, 15) is 18.0 Å². The first kappa shape index (κ1) is 16.1. The van der Waals surface area contributed by atoms with E-state index in [0.29, 0.717) is 10.6 Å². The van der Waals surface area contributed by atoms with E-state index >= 15 is 0 Å². The Balaban J connectivity index is 2.14. The molecule has 1 saturated heterocycles. The van der Waals surface area contributed by atoms with Crippen molar-refractivity contribution >= 4 is 17.5 Å². The highest BCUT2D eigenvalue weighted by Gasteiger charge is 2.61. The fourth-order valence-electron chi connectivity index (χ4n) is 2.43. The number of hydrogen-bond donors (Lipinski definition) is 2. The van der Waals surface area contributed by atoms with E-state index in [1.807, 2.05) is 0 Å². The van der Waals surface area contributed by atoms with Crippen LogP contribution in [-0.4, -0.2) is 25.2 Å². The summed E-state index contributed by atoms with van der Waals surface area (Å²) in [7, 11) is 0. The summed E-state index contributed by atoms with van der Waals surface area (Å²) in [5.41, 5.74) is -1.63. The average Bonchev–Trinajstić information content (AvgIpc) is 2.89. The Bertz CT molecular complexity index is 510. The van der Waals surface area contributed by atoms with Gasteiger partial charge in [-0.05, 0) is 37.6 Å². The molecule has 7 heteroatoms. The van der Waals surface area contributed by atoms with E-state index in [2.05, 4.69) is 10.6 Å². The minimum atomic E-state index is -4.57. The van der Waals surface area contributed by atoms with Gasteiger partial charge in [-0.25, -0.2) is 0 Å². The third kappa shape index (κ3) is 3.16. The van der Waals surface area contributed by atoms with Gasteiger partial charge in [-0.2, -0.15) is 13.2 Å². The largest absolute Gasteiger partial charge is 0.404 e. The van der Waals surface area contributed by atoms with Crippen LogP contribution < -0.4 is 10.6 Å². The Kier molecular flexibility index (Phi) is 4.49. The topological polar surface area (TPSA) is 41.1 Å². The van der Waals surface area contributed by atoms with E-state index in [0.717, 1.165) is 0 Å². The highest BCUT2D eigenvalue weighted by molar-refractivity contribution is 6.30. The maximum Gasteiger partial charge on any atom is 0.404 e. The Morgan fingerprint density at radius 1 is 1.38 bits per heavy atom. The minimum absolute atomic E-state index is 0.183. The molecule has 0 spiro atoms. The average molecular weight is 321 g/mol. The van der Waals surface area contributed by atoms with Gasteiger partial charge in [0, 0.05) is 11.6 Å². The smallest absolute Gasteiger partial charge is 0.349 e. The Hall–Kier alpha value is -1.27. The van der Waals surface area contributed by atoms with Gasteiger partial charge >= 0.3 is 6.18 Å². The minimum Gasteiger partial charge on any atom is -0.349 e. The summed E-state index contributed by atoms with van der Waals surface area (Å²) in [5.74, 6) is -0.984. The molecular formula is C14H16ClF3N2O. The van der Waals surface area contributed by atoms with E-state index in [1.165, 1.54) is 0 Å².